The van der Waals surface area contributed by atoms with Crippen molar-refractivity contribution in [2.24, 2.45) is 11.7 Å². The van der Waals surface area contributed by atoms with Crippen molar-refractivity contribution in [3.63, 3.8) is 0 Å². The number of carbonyl (C=O) groups excluding carboxylic acids is 2. The van der Waals surface area contributed by atoms with Crippen molar-refractivity contribution in [1.29, 1.82) is 0 Å². The average Bonchev–Trinajstić information content (AvgIpc) is 3.11. The Morgan fingerprint density at radius 1 is 1.17 bits per heavy atom. The maximum absolute atomic E-state index is 12.4. The number of amides is 2. The average molecular weight is 332 g/mol. The van der Waals surface area contributed by atoms with Crippen LogP contribution in [-0.2, 0) is 4.79 Å². The van der Waals surface area contributed by atoms with Gasteiger partial charge < -0.3 is 10.6 Å². The molecule has 0 atom stereocenters. The number of rotatable bonds is 5. The van der Waals surface area contributed by atoms with Crippen molar-refractivity contribution in [2.75, 3.05) is 13.1 Å². The second-order valence-corrected chi connectivity index (χ2v) is 7.27. The van der Waals surface area contributed by atoms with Gasteiger partial charge in [0, 0.05) is 31.1 Å². The highest BCUT2D eigenvalue weighted by atomic mass is 16.2. The summed E-state index contributed by atoms with van der Waals surface area (Å²) < 4.78 is 0. The Morgan fingerprint density at radius 3 is 2.50 bits per heavy atom. The van der Waals surface area contributed by atoms with Crippen LogP contribution in [0.5, 0.6) is 0 Å². The van der Waals surface area contributed by atoms with Gasteiger partial charge >= 0.3 is 0 Å². The third-order valence-electron chi connectivity index (χ3n) is 5.63. The predicted molar refractivity (Wildman–Crippen MR) is 91.5 cm³/mol. The molecule has 0 bridgehead atoms. The van der Waals surface area contributed by atoms with Gasteiger partial charge in [-0.3, -0.25) is 14.7 Å². The summed E-state index contributed by atoms with van der Waals surface area (Å²) in [5.74, 6) is 0.889. The van der Waals surface area contributed by atoms with E-state index in [9.17, 15) is 9.59 Å². The molecule has 24 heavy (non-hydrogen) atoms. The van der Waals surface area contributed by atoms with E-state index in [0.717, 1.165) is 44.0 Å². The van der Waals surface area contributed by atoms with E-state index in [-0.39, 0.29) is 5.69 Å². The Bertz CT molecular complexity index is 569. The minimum atomic E-state index is -0.507. The molecule has 1 aliphatic carbocycles. The van der Waals surface area contributed by atoms with E-state index in [1.54, 1.807) is 6.07 Å². The molecule has 6 heteroatoms. The fourth-order valence-corrected chi connectivity index (χ4v) is 4.07. The number of nitrogens with one attached hydrogen (secondary N) is 1. The fraction of sp³-hybridized carbons (Fsp3) is 0.722. The van der Waals surface area contributed by atoms with E-state index in [2.05, 4.69) is 10.2 Å². The van der Waals surface area contributed by atoms with Gasteiger partial charge in [-0.25, -0.2) is 0 Å². The van der Waals surface area contributed by atoms with E-state index in [1.165, 1.54) is 32.1 Å². The second kappa shape index (κ2) is 7.81. The zero-order valence-corrected chi connectivity index (χ0v) is 14.3. The van der Waals surface area contributed by atoms with Crippen LogP contribution in [-0.4, -0.2) is 40.0 Å². The molecule has 0 unspecified atom stereocenters. The van der Waals surface area contributed by atoms with Crippen LogP contribution < -0.4 is 5.73 Å². The molecule has 1 aromatic rings. The molecule has 1 aromatic heterocycles. The van der Waals surface area contributed by atoms with Crippen molar-refractivity contribution in [3.05, 3.63) is 17.5 Å². The maximum Gasteiger partial charge on any atom is 0.269 e. The summed E-state index contributed by atoms with van der Waals surface area (Å²) >= 11 is 0. The molecule has 1 saturated heterocycles. The minimum absolute atomic E-state index is 0.288. The van der Waals surface area contributed by atoms with E-state index < -0.39 is 5.91 Å². The normalized spacial score (nSPS) is 20.2. The van der Waals surface area contributed by atoms with Gasteiger partial charge in [-0.1, -0.05) is 32.1 Å². The van der Waals surface area contributed by atoms with Crippen LogP contribution in [0.4, 0.5) is 0 Å². The molecule has 0 spiro atoms. The largest absolute Gasteiger partial charge is 0.364 e. The van der Waals surface area contributed by atoms with Gasteiger partial charge in [-0.2, -0.15) is 5.10 Å². The third-order valence-corrected chi connectivity index (χ3v) is 5.63. The van der Waals surface area contributed by atoms with Crippen LogP contribution in [0.15, 0.2) is 6.07 Å². The number of aromatic nitrogens is 2. The topological polar surface area (TPSA) is 92.1 Å². The lowest BCUT2D eigenvalue weighted by atomic mass is 9.86. The molecule has 6 nitrogen and oxygen atoms in total. The Morgan fingerprint density at radius 2 is 1.88 bits per heavy atom. The predicted octanol–water partition coefficient (Wildman–Crippen LogP) is 2.58. The third kappa shape index (κ3) is 4.16. The van der Waals surface area contributed by atoms with Crippen LogP contribution in [0.2, 0.25) is 0 Å². The van der Waals surface area contributed by atoms with Crippen molar-refractivity contribution < 1.29 is 9.59 Å². The molecule has 1 aliphatic heterocycles. The Kier molecular flexibility index (Phi) is 5.53. The summed E-state index contributed by atoms with van der Waals surface area (Å²) in [4.78, 5) is 25.6. The van der Waals surface area contributed by atoms with Crippen molar-refractivity contribution in [1.82, 2.24) is 15.1 Å². The van der Waals surface area contributed by atoms with Crippen LogP contribution in [0.3, 0.4) is 0 Å². The standard InChI is InChI=1S/C18H28N4O2/c19-18(24)16-12-15(20-21-16)14-8-10-22(11-9-14)17(23)7-6-13-4-2-1-3-5-13/h12-14H,1-11H2,(H2,19,24)(H,20,21). The van der Waals surface area contributed by atoms with E-state index in [0.29, 0.717) is 18.2 Å². The number of piperidine rings is 1. The molecular formula is C18H28N4O2. The summed E-state index contributed by atoms with van der Waals surface area (Å²) in [6.07, 6.45) is 10.2. The monoisotopic (exact) mass is 332 g/mol. The summed E-state index contributed by atoms with van der Waals surface area (Å²) in [5, 5.41) is 6.86. The molecule has 132 valence electrons. The molecule has 3 N–H and O–H groups in total. The van der Waals surface area contributed by atoms with E-state index >= 15 is 0 Å². The molecule has 2 fully saturated rings. The number of likely N-dealkylation sites (tertiary alicyclic amines) is 1. The van der Waals surface area contributed by atoms with Crippen LogP contribution >= 0.6 is 0 Å². The number of aromatic amines is 1. The number of hydrogen-bond donors (Lipinski definition) is 2. The van der Waals surface area contributed by atoms with Crippen molar-refractivity contribution >= 4 is 11.8 Å². The zero-order chi connectivity index (χ0) is 16.9. The first kappa shape index (κ1) is 17.0. The minimum Gasteiger partial charge on any atom is -0.364 e. The van der Waals surface area contributed by atoms with Gasteiger partial charge in [0.2, 0.25) is 5.91 Å². The molecule has 2 aliphatic rings. The van der Waals surface area contributed by atoms with Gasteiger partial charge in [0.15, 0.2) is 0 Å². The van der Waals surface area contributed by atoms with Crippen LogP contribution in [0, 0.1) is 5.92 Å². The number of H-pyrrole nitrogens is 1. The fourth-order valence-electron chi connectivity index (χ4n) is 4.07. The summed E-state index contributed by atoms with van der Waals surface area (Å²) in [6.45, 7) is 1.58. The second-order valence-electron chi connectivity index (χ2n) is 7.27. The SMILES string of the molecule is NC(=O)c1cc(C2CCN(C(=O)CCC3CCCCC3)CC2)[nH]n1. The highest BCUT2D eigenvalue weighted by molar-refractivity contribution is 5.90. The van der Waals surface area contributed by atoms with Gasteiger partial charge in [0.1, 0.15) is 5.69 Å². The lowest BCUT2D eigenvalue weighted by molar-refractivity contribution is -0.132. The highest BCUT2D eigenvalue weighted by Gasteiger charge is 2.26. The number of hydrogen-bond acceptors (Lipinski definition) is 3. The molecule has 2 heterocycles. The lowest BCUT2D eigenvalue weighted by Gasteiger charge is -2.32. The number of primary amides is 1. The van der Waals surface area contributed by atoms with Crippen molar-refractivity contribution in [3.8, 4) is 0 Å². The first-order valence-corrected chi connectivity index (χ1v) is 9.26. The first-order valence-electron chi connectivity index (χ1n) is 9.26. The zero-order valence-electron chi connectivity index (χ0n) is 14.3. The van der Waals surface area contributed by atoms with Crippen LogP contribution in [0.25, 0.3) is 0 Å². The molecule has 3 rings (SSSR count). The Hall–Kier alpha value is -1.85. The van der Waals surface area contributed by atoms with Gasteiger partial charge in [0.25, 0.3) is 5.91 Å². The summed E-state index contributed by atoms with van der Waals surface area (Å²) in [6, 6.07) is 1.74. The van der Waals surface area contributed by atoms with Gasteiger partial charge in [-0.05, 0) is 31.2 Å². The van der Waals surface area contributed by atoms with E-state index in [1.807, 2.05) is 4.90 Å². The first-order chi connectivity index (χ1) is 11.6. The van der Waals surface area contributed by atoms with Crippen molar-refractivity contribution in [2.45, 2.75) is 63.7 Å². The van der Waals surface area contributed by atoms with Gasteiger partial charge in [0.05, 0.1) is 0 Å². The highest BCUT2D eigenvalue weighted by Crippen LogP contribution is 2.29. The number of carbonyl (C=O) groups is 2. The Labute approximate surface area is 143 Å². The van der Waals surface area contributed by atoms with Crippen LogP contribution in [0.1, 0.15) is 79.9 Å². The summed E-state index contributed by atoms with van der Waals surface area (Å²) in [7, 11) is 0. The molecule has 0 aromatic carbocycles. The molecule has 1 saturated carbocycles. The molecular weight excluding hydrogens is 304 g/mol. The number of nitrogens with two attached hydrogens (primary N) is 1. The lowest BCUT2D eigenvalue weighted by Crippen LogP contribution is -2.38. The quantitative estimate of drug-likeness (QED) is 0.868. The van der Waals surface area contributed by atoms with Gasteiger partial charge in [-0.15, -0.1) is 0 Å². The van der Waals surface area contributed by atoms with E-state index in [4.69, 9.17) is 5.73 Å². The molecule has 0 radical (unpaired) electrons. The molecule has 2 amide bonds. The Balaban J connectivity index is 1.43. The maximum atomic E-state index is 12.4. The smallest absolute Gasteiger partial charge is 0.269 e. The summed E-state index contributed by atoms with van der Waals surface area (Å²) in [5.41, 5.74) is 6.48. The number of nitrogens with zero attached hydrogens (tertiary/aromatic N) is 2.